The van der Waals surface area contributed by atoms with Crippen molar-refractivity contribution >= 4 is 11.4 Å². The number of hydrogen-bond acceptors (Lipinski definition) is 4. The van der Waals surface area contributed by atoms with Gasteiger partial charge in [-0.1, -0.05) is 12.1 Å². The normalized spacial score (nSPS) is 10.3. The number of anilines is 1. The molecule has 0 radical (unpaired) electrons. The zero-order valence-corrected chi connectivity index (χ0v) is 10.3. The highest BCUT2D eigenvalue weighted by atomic mass is 16.6. The minimum Gasteiger partial charge on any atom is -0.375 e. The van der Waals surface area contributed by atoms with Gasteiger partial charge in [0.1, 0.15) is 5.69 Å². The molecule has 18 heavy (non-hydrogen) atoms. The summed E-state index contributed by atoms with van der Waals surface area (Å²) >= 11 is 0. The summed E-state index contributed by atoms with van der Waals surface area (Å²) < 4.78 is 1.77. The molecule has 2 aromatic rings. The molecule has 0 amide bonds. The molecular weight excluding hydrogens is 232 g/mol. The fourth-order valence-electron chi connectivity index (χ4n) is 1.69. The van der Waals surface area contributed by atoms with E-state index in [1.165, 1.54) is 6.07 Å². The molecule has 94 valence electrons. The topological polar surface area (TPSA) is 73.0 Å². The molecular formula is C12H14N4O2. The number of aromatic nitrogens is 2. The maximum absolute atomic E-state index is 10.9. The van der Waals surface area contributed by atoms with Crippen molar-refractivity contribution in [2.75, 3.05) is 5.32 Å². The lowest BCUT2D eigenvalue weighted by Crippen LogP contribution is -2.03. The molecule has 0 aliphatic heterocycles. The number of rotatable bonds is 4. The molecule has 0 bridgehead atoms. The van der Waals surface area contributed by atoms with Crippen molar-refractivity contribution in [3.8, 4) is 0 Å². The Morgan fingerprint density at radius 1 is 1.44 bits per heavy atom. The second-order valence-corrected chi connectivity index (χ2v) is 4.01. The predicted octanol–water partition coefficient (Wildman–Crippen LogP) is 2.25. The summed E-state index contributed by atoms with van der Waals surface area (Å²) in [6.07, 6.45) is 1.76. The van der Waals surface area contributed by atoms with Crippen molar-refractivity contribution in [1.82, 2.24) is 9.78 Å². The maximum Gasteiger partial charge on any atom is 0.292 e. The first-order valence-corrected chi connectivity index (χ1v) is 5.54. The molecule has 0 aliphatic rings. The molecule has 0 aliphatic carbocycles. The van der Waals surface area contributed by atoms with Crippen LogP contribution in [0, 0.1) is 17.0 Å². The van der Waals surface area contributed by atoms with Crippen LogP contribution in [0.2, 0.25) is 0 Å². The average Bonchev–Trinajstić information content (AvgIpc) is 2.68. The van der Waals surface area contributed by atoms with Gasteiger partial charge in [0.25, 0.3) is 5.69 Å². The van der Waals surface area contributed by atoms with Gasteiger partial charge in [-0.05, 0) is 13.0 Å². The Kier molecular flexibility index (Phi) is 3.27. The summed E-state index contributed by atoms with van der Waals surface area (Å²) in [6, 6.07) is 6.60. The van der Waals surface area contributed by atoms with E-state index in [-0.39, 0.29) is 5.69 Å². The highest BCUT2D eigenvalue weighted by Gasteiger charge is 2.12. The lowest BCUT2D eigenvalue weighted by Gasteiger charge is -2.06. The molecule has 0 saturated heterocycles. The van der Waals surface area contributed by atoms with Crippen LogP contribution in [0.4, 0.5) is 11.4 Å². The minimum absolute atomic E-state index is 0.0824. The van der Waals surface area contributed by atoms with Gasteiger partial charge in [-0.3, -0.25) is 14.8 Å². The molecule has 1 heterocycles. The van der Waals surface area contributed by atoms with E-state index in [4.69, 9.17) is 0 Å². The van der Waals surface area contributed by atoms with Crippen molar-refractivity contribution < 1.29 is 4.92 Å². The highest BCUT2D eigenvalue weighted by molar-refractivity contribution is 5.61. The van der Waals surface area contributed by atoms with Crippen LogP contribution in [0.25, 0.3) is 0 Å². The van der Waals surface area contributed by atoms with Crippen LogP contribution >= 0.6 is 0 Å². The van der Waals surface area contributed by atoms with E-state index < -0.39 is 4.92 Å². The van der Waals surface area contributed by atoms with Gasteiger partial charge in [0.2, 0.25) is 0 Å². The molecule has 1 aromatic carbocycles. The minimum atomic E-state index is -0.390. The molecule has 0 saturated carbocycles. The molecule has 0 spiro atoms. The number of para-hydroxylation sites is 2. The van der Waals surface area contributed by atoms with E-state index in [1.807, 2.05) is 14.0 Å². The van der Waals surface area contributed by atoms with Crippen molar-refractivity contribution in [2.45, 2.75) is 13.5 Å². The van der Waals surface area contributed by atoms with Crippen LogP contribution in [0.3, 0.4) is 0 Å². The van der Waals surface area contributed by atoms with Gasteiger partial charge in [0, 0.05) is 30.9 Å². The summed E-state index contributed by atoms with van der Waals surface area (Å²) in [5, 5.41) is 18.1. The zero-order valence-electron chi connectivity index (χ0n) is 10.3. The van der Waals surface area contributed by atoms with Crippen molar-refractivity contribution in [2.24, 2.45) is 7.05 Å². The van der Waals surface area contributed by atoms with Crippen molar-refractivity contribution in [3.05, 3.63) is 51.8 Å². The Balaban J connectivity index is 2.16. The summed E-state index contributed by atoms with van der Waals surface area (Å²) in [6.45, 7) is 2.48. The SMILES string of the molecule is Cc1c(CNc2ccccc2[N+](=O)[O-])cnn1C. The van der Waals surface area contributed by atoms with Crippen molar-refractivity contribution in [1.29, 1.82) is 0 Å². The summed E-state index contributed by atoms with van der Waals surface area (Å²) in [5.74, 6) is 0. The number of nitrogens with zero attached hydrogens (tertiary/aromatic N) is 3. The third-order valence-electron chi connectivity index (χ3n) is 2.91. The van der Waals surface area contributed by atoms with E-state index in [0.717, 1.165) is 11.3 Å². The van der Waals surface area contributed by atoms with Crippen LogP contribution in [-0.4, -0.2) is 14.7 Å². The van der Waals surface area contributed by atoms with Crippen LogP contribution < -0.4 is 5.32 Å². The number of hydrogen-bond donors (Lipinski definition) is 1. The van der Waals surface area contributed by atoms with Crippen LogP contribution in [-0.2, 0) is 13.6 Å². The Hall–Kier alpha value is -2.37. The summed E-state index contributed by atoms with van der Waals surface area (Å²) in [4.78, 5) is 10.5. The monoisotopic (exact) mass is 246 g/mol. The predicted molar refractivity (Wildman–Crippen MR) is 68.4 cm³/mol. The van der Waals surface area contributed by atoms with E-state index >= 15 is 0 Å². The smallest absolute Gasteiger partial charge is 0.292 e. The Labute approximate surface area is 104 Å². The summed E-state index contributed by atoms with van der Waals surface area (Å²) in [7, 11) is 1.86. The van der Waals surface area contributed by atoms with E-state index in [2.05, 4.69) is 10.4 Å². The standard InChI is InChI=1S/C12H14N4O2/c1-9-10(8-14-15(9)2)7-13-11-5-3-4-6-12(11)16(17)18/h3-6,8,13H,7H2,1-2H3. The zero-order chi connectivity index (χ0) is 13.1. The average molecular weight is 246 g/mol. The lowest BCUT2D eigenvalue weighted by atomic mass is 10.2. The van der Waals surface area contributed by atoms with Crippen LogP contribution in [0.1, 0.15) is 11.3 Å². The first-order valence-electron chi connectivity index (χ1n) is 5.54. The molecule has 6 nitrogen and oxygen atoms in total. The van der Waals surface area contributed by atoms with Crippen molar-refractivity contribution in [3.63, 3.8) is 0 Å². The number of benzene rings is 1. The number of nitrogens with one attached hydrogen (secondary N) is 1. The fourth-order valence-corrected chi connectivity index (χ4v) is 1.69. The number of nitro groups is 1. The van der Waals surface area contributed by atoms with E-state index in [9.17, 15) is 10.1 Å². The van der Waals surface area contributed by atoms with E-state index in [1.54, 1.807) is 29.1 Å². The molecule has 1 aromatic heterocycles. The largest absolute Gasteiger partial charge is 0.375 e. The Morgan fingerprint density at radius 3 is 2.78 bits per heavy atom. The Bertz CT molecular complexity index is 577. The molecule has 0 atom stereocenters. The fraction of sp³-hybridized carbons (Fsp3) is 0.250. The second kappa shape index (κ2) is 4.87. The van der Waals surface area contributed by atoms with Gasteiger partial charge in [0.05, 0.1) is 11.1 Å². The van der Waals surface area contributed by atoms with Gasteiger partial charge < -0.3 is 5.32 Å². The van der Waals surface area contributed by atoms with Crippen LogP contribution in [0.5, 0.6) is 0 Å². The molecule has 1 N–H and O–H groups in total. The summed E-state index contributed by atoms with van der Waals surface area (Å²) in [5.41, 5.74) is 2.67. The maximum atomic E-state index is 10.9. The first-order chi connectivity index (χ1) is 8.59. The van der Waals surface area contributed by atoms with E-state index in [0.29, 0.717) is 12.2 Å². The van der Waals surface area contributed by atoms with Gasteiger partial charge >= 0.3 is 0 Å². The third kappa shape index (κ3) is 2.32. The second-order valence-electron chi connectivity index (χ2n) is 4.01. The third-order valence-corrected chi connectivity index (χ3v) is 2.91. The number of aryl methyl sites for hydroxylation is 1. The molecule has 0 fully saturated rings. The van der Waals surface area contributed by atoms with Gasteiger partial charge in [-0.2, -0.15) is 5.10 Å². The molecule has 6 heteroatoms. The Morgan fingerprint density at radius 2 is 2.17 bits per heavy atom. The first kappa shape index (κ1) is 12.1. The quantitative estimate of drug-likeness (QED) is 0.663. The molecule has 2 rings (SSSR count). The number of nitro benzene ring substituents is 1. The van der Waals surface area contributed by atoms with Crippen LogP contribution in [0.15, 0.2) is 30.5 Å². The highest BCUT2D eigenvalue weighted by Crippen LogP contribution is 2.23. The van der Waals surface area contributed by atoms with Gasteiger partial charge in [-0.15, -0.1) is 0 Å². The molecule has 0 unspecified atom stereocenters. The van der Waals surface area contributed by atoms with Gasteiger partial charge in [-0.25, -0.2) is 0 Å². The lowest BCUT2D eigenvalue weighted by molar-refractivity contribution is -0.384. The van der Waals surface area contributed by atoms with Gasteiger partial charge in [0.15, 0.2) is 0 Å².